The third-order valence-electron chi connectivity index (χ3n) is 5.49. The number of hydrogen-bond donors (Lipinski definition) is 0. The van der Waals surface area contributed by atoms with E-state index in [1.165, 1.54) is 26.5 Å². The molecule has 0 radical (unpaired) electrons. The first-order valence-electron chi connectivity index (χ1n) is 10.5. The van der Waals surface area contributed by atoms with E-state index in [0.29, 0.717) is 0 Å². The van der Waals surface area contributed by atoms with Gasteiger partial charge in [-0.3, -0.25) is 4.79 Å². The summed E-state index contributed by atoms with van der Waals surface area (Å²) in [4.78, 5) is 15.8. The van der Waals surface area contributed by atoms with Gasteiger partial charge in [-0.2, -0.15) is 0 Å². The average molecular weight is 423 g/mol. The van der Waals surface area contributed by atoms with E-state index >= 15 is 0 Å². The van der Waals surface area contributed by atoms with Crippen LogP contribution in [0.1, 0.15) is 43.7 Å². The SMILES string of the molecule is Cc1ccc(C(=O)c2ccc(C)cc2Cc2ccccc2Sc2ccccc2C)cc1. The van der Waals surface area contributed by atoms with Crippen LogP contribution in [0.25, 0.3) is 0 Å². The number of hydrogen-bond acceptors (Lipinski definition) is 2. The molecule has 0 aliphatic heterocycles. The molecule has 0 saturated carbocycles. The molecule has 31 heavy (non-hydrogen) atoms. The molecule has 4 aromatic rings. The van der Waals surface area contributed by atoms with Crippen molar-refractivity contribution in [1.82, 2.24) is 0 Å². The van der Waals surface area contributed by atoms with E-state index in [1.807, 2.05) is 43.3 Å². The topological polar surface area (TPSA) is 17.1 Å². The maximum atomic E-state index is 13.3. The van der Waals surface area contributed by atoms with Gasteiger partial charge in [0.25, 0.3) is 0 Å². The van der Waals surface area contributed by atoms with Gasteiger partial charge in [0.05, 0.1) is 0 Å². The minimum atomic E-state index is 0.0824. The highest BCUT2D eigenvalue weighted by Crippen LogP contribution is 2.34. The number of carbonyl (C=O) groups is 1. The van der Waals surface area contributed by atoms with E-state index in [1.54, 1.807) is 11.8 Å². The van der Waals surface area contributed by atoms with Crippen LogP contribution in [-0.4, -0.2) is 5.78 Å². The molecule has 154 valence electrons. The second-order valence-corrected chi connectivity index (χ2v) is 9.09. The summed E-state index contributed by atoms with van der Waals surface area (Å²) in [6.45, 7) is 6.26. The minimum Gasteiger partial charge on any atom is -0.289 e. The molecule has 0 aliphatic carbocycles. The van der Waals surface area contributed by atoms with Crippen molar-refractivity contribution in [3.05, 3.63) is 130 Å². The fraction of sp³-hybridized carbons (Fsp3) is 0.138. The minimum absolute atomic E-state index is 0.0824. The summed E-state index contributed by atoms with van der Waals surface area (Å²) in [7, 11) is 0. The molecule has 1 nitrogen and oxygen atoms in total. The number of benzene rings is 4. The van der Waals surface area contributed by atoms with Crippen molar-refractivity contribution in [2.24, 2.45) is 0 Å². The zero-order chi connectivity index (χ0) is 21.8. The Balaban J connectivity index is 1.69. The molecule has 0 atom stereocenters. The smallest absolute Gasteiger partial charge is 0.193 e. The van der Waals surface area contributed by atoms with Crippen LogP contribution < -0.4 is 0 Å². The molecule has 2 heteroatoms. The van der Waals surface area contributed by atoms with Gasteiger partial charge in [0.15, 0.2) is 5.78 Å². The quantitative estimate of drug-likeness (QED) is 0.298. The van der Waals surface area contributed by atoms with Crippen molar-refractivity contribution in [1.29, 1.82) is 0 Å². The third kappa shape index (κ3) is 4.98. The lowest BCUT2D eigenvalue weighted by Crippen LogP contribution is -2.07. The summed E-state index contributed by atoms with van der Waals surface area (Å²) >= 11 is 1.79. The first-order valence-corrected chi connectivity index (χ1v) is 11.4. The fourth-order valence-corrected chi connectivity index (χ4v) is 4.73. The van der Waals surface area contributed by atoms with Gasteiger partial charge in [0.1, 0.15) is 0 Å². The van der Waals surface area contributed by atoms with Gasteiger partial charge in [-0.05, 0) is 56.0 Å². The molecule has 4 aromatic carbocycles. The zero-order valence-electron chi connectivity index (χ0n) is 18.2. The lowest BCUT2D eigenvalue weighted by Gasteiger charge is -2.14. The first kappa shape index (κ1) is 21.1. The Bertz CT molecular complexity index is 1220. The molecule has 0 bridgehead atoms. The van der Waals surface area contributed by atoms with Gasteiger partial charge < -0.3 is 0 Å². The maximum Gasteiger partial charge on any atom is 0.193 e. The van der Waals surface area contributed by atoms with Crippen molar-refractivity contribution >= 4 is 17.5 Å². The van der Waals surface area contributed by atoms with E-state index in [-0.39, 0.29) is 5.78 Å². The number of aryl methyl sites for hydroxylation is 3. The molecule has 0 aromatic heterocycles. The van der Waals surface area contributed by atoms with Crippen molar-refractivity contribution in [2.45, 2.75) is 37.0 Å². The fourth-order valence-electron chi connectivity index (χ4n) is 3.69. The predicted molar refractivity (Wildman–Crippen MR) is 130 cm³/mol. The van der Waals surface area contributed by atoms with Gasteiger partial charge in [-0.1, -0.05) is 102 Å². The molecule has 0 aliphatic rings. The molecule has 0 amide bonds. The Morgan fingerprint density at radius 3 is 2.06 bits per heavy atom. The number of rotatable bonds is 6. The van der Waals surface area contributed by atoms with Gasteiger partial charge in [0.2, 0.25) is 0 Å². The number of carbonyl (C=O) groups excluding carboxylic acids is 1. The molecule has 0 saturated heterocycles. The number of ketones is 1. The molecule has 0 heterocycles. The predicted octanol–water partition coefficient (Wildman–Crippen LogP) is 7.58. The van der Waals surface area contributed by atoms with Crippen molar-refractivity contribution < 1.29 is 4.79 Å². The summed E-state index contributed by atoms with van der Waals surface area (Å²) in [5, 5.41) is 0. The van der Waals surface area contributed by atoms with Crippen molar-refractivity contribution in [2.75, 3.05) is 0 Å². The molecule has 0 N–H and O–H groups in total. The maximum absolute atomic E-state index is 13.3. The van der Waals surface area contributed by atoms with E-state index in [4.69, 9.17) is 0 Å². The Kier molecular flexibility index (Phi) is 6.39. The molecule has 0 spiro atoms. The van der Waals surface area contributed by atoms with E-state index < -0.39 is 0 Å². The van der Waals surface area contributed by atoms with Crippen LogP contribution in [0.2, 0.25) is 0 Å². The van der Waals surface area contributed by atoms with Gasteiger partial charge >= 0.3 is 0 Å². The third-order valence-corrected chi connectivity index (χ3v) is 6.78. The van der Waals surface area contributed by atoms with Gasteiger partial charge in [0, 0.05) is 20.9 Å². The summed E-state index contributed by atoms with van der Waals surface area (Å²) in [6, 6.07) is 30.9. The summed E-state index contributed by atoms with van der Waals surface area (Å²) in [5.41, 5.74) is 7.42. The largest absolute Gasteiger partial charge is 0.289 e. The second-order valence-electron chi connectivity index (χ2n) is 8.01. The average Bonchev–Trinajstić information content (AvgIpc) is 2.77. The molecular weight excluding hydrogens is 396 g/mol. The highest BCUT2D eigenvalue weighted by molar-refractivity contribution is 7.99. The van der Waals surface area contributed by atoms with Crippen LogP contribution in [0.4, 0.5) is 0 Å². The van der Waals surface area contributed by atoms with Crippen molar-refractivity contribution in [3.63, 3.8) is 0 Å². The van der Waals surface area contributed by atoms with Crippen LogP contribution >= 0.6 is 11.8 Å². The monoisotopic (exact) mass is 422 g/mol. The van der Waals surface area contributed by atoms with E-state index in [9.17, 15) is 4.79 Å². The van der Waals surface area contributed by atoms with Gasteiger partial charge in [-0.15, -0.1) is 0 Å². The van der Waals surface area contributed by atoms with Gasteiger partial charge in [-0.25, -0.2) is 0 Å². The van der Waals surface area contributed by atoms with Crippen LogP contribution in [0.15, 0.2) is 101 Å². The first-order chi connectivity index (χ1) is 15.0. The highest BCUT2D eigenvalue weighted by Gasteiger charge is 2.16. The van der Waals surface area contributed by atoms with Crippen molar-refractivity contribution in [3.8, 4) is 0 Å². The zero-order valence-corrected chi connectivity index (χ0v) is 19.0. The molecule has 0 fully saturated rings. The Morgan fingerprint density at radius 2 is 1.32 bits per heavy atom. The van der Waals surface area contributed by atoms with Crippen LogP contribution in [-0.2, 0) is 6.42 Å². The van der Waals surface area contributed by atoms with Crippen LogP contribution in [0.3, 0.4) is 0 Å². The lowest BCUT2D eigenvalue weighted by atomic mass is 9.92. The normalized spacial score (nSPS) is 10.8. The lowest BCUT2D eigenvalue weighted by molar-refractivity contribution is 0.103. The van der Waals surface area contributed by atoms with Crippen LogP contribution in [0.5, 0.6) is 0 Å². The summed E-state index contributed by atoms with van der Waals surface area (Å²) in [5.74, 6) is 0.0824. The van der Waals surface area contributed by atoms with E-state index in [2.05, 4.69) is 68.4 Å². The Labute approximate surface area is 189 Å². The Hall–Kier alpha value is -3.10. The van der Waals surface area contributed by atoms with Crippen LogP contribution in [0, 0.1) is 20.8 Å². The summed E-state index contributed by atoms with van der Waals surface area (Å²) < 4.78 is 0. The molecule has 0 unspecified atom stereocenters. The molecular formula is C29H26OS. The molecule has 4 rings (SSSR count). The highest BCUT2D eigenvalue weighted by atomic mass is 32.2. The standard InChI is InChI=1S/C29H26OS/c1-20-12-15-23(16-13-20)29(30)26-17-14-21(2)18-25(26)19-24-9-5-7-11-28(24)31-27-10-6-4-8-22(27)3/h4-18H,19H2,1-3H3. The second kappa shape index (κ2) is 9.36. The Morgan fingerprint density at radius 1 is 0.677 bits per heavy atom. The summed E-state index contributed by atoms with van der Waals surface area (Å²) in [6.07, 6.45) is 0.726. The van der Waals surface area contributed by atoms with E-state index in [0.717, 1.165) is 28.7 Å².